The van der Waals surface area contributed by atoms with Gasteiger partial charge in [0.25, 0.3) is 0 Å². The number of halogens is 1. The Bertz CT molecular complexity index is 577. The molecule has 0 saturated carbocycles. The van der Waals surface area contributed by atoms with E-state index in [0.29, 0.717) is 0 Å². The maximum atomic E-state index is 5.96. The summed E-state index contributed by atoms with van der Waals surface area (Å²) >= 11 is 5.96. The second-order valence-corrected chi connectivity index (χ2v) is 6.07. The highest BCUT2D eigenvalue weighted by atomic mass is 35.5. The van der Waals surface area contributed by atoms with Crippen molar-refractivity contribution in [3.63, 3.8) is 0 Å². The summed E-state index contributed by atoms with van der Waals surface area (Å²) in [5, 5.41) is 0.734. The fourth-order valence-corrected chi connectivity index (χ4v) is 1.91. The Labute approximate surface area is 125 Å². The minimum atomic E-state index is -0.216. The molecule has 104 valence electrons. The van der Waals surface area contributed by atoms with E-state index in [2.05, 4.69) is 12.1 Å². The van der Waals surface area contributed by atoms with Crippen LogP contribution in [0.15, 0.2) is 60.9 Å². The van der Waals surface area contributed by atoms with Gasteiger partial charge in [0.15, 0.2) is 0 Å². The van der Waals surface area contributed by atoms with Crippen molar-refractivity contribution in [3.05, 3.63) is 77.0 Å². The Morgan fingerprint density at radius 3 is 2.00 bits per heavy atom. The van der Waals surface area contributed by atoms with Gasteiger partial charge in [-0.2, -0.15) is 0 Å². The molecule has 0 heterocycles. The first-order valence-corrected chi connectivity index (χ1v) is 7.03. The molecule has 0 aliphatic heterocycles. The van der Waals surface area contributed by atoms with Gasteiger partial charge in [-0.05, 0) is 44.0 Å². The Kier molecular flexibility index (Phi) is 4.51. The molecule has 0 N–H and O–H groups in total. The van der Waals surface area contributed by atoms with Crippen LogP contribution in [0.1, 0.15) is 31.9 Å². The Balaban J connectivity index is 2.42. The lowest BCUT2D eigenvalue weighted by Gasteiger charge is -2.19. The van der Waals surface area contributed by atoms with E-state index in [9.17, 15) is 0 Å². The Morgan fingerprint density at radius 2 is 1.45 bits per heavy atom. The quantitative estimate of drug-likeness (QED) is 0.673. The summed E-state index contributed by atoms with van der Waals surface area (Å²) in [5.41, 5.74) is 3.05. The van der Waals surface area contributed by atoms with Crippen molar-refractivity contribution in [3.8, 4) is 0 Å². The smallest absolute Gasteiger partial charge is 0.0998 e. The summed E-state index contributed by atoms with van der Waals surface area (Å²) < 4.78 is 5.84. The monoisotopic (exact) mass is 286 g/mol. The third-order valence-corrected chi connectivity index (χ3v) is 3.02. The first-order chi connectivity index (χ1) is 9.46. The third-order valence-electron chi connectivity index (χ3n) is 2.77. The molecule has 0 spiro atoms. The topological polar surface area (TPSA) is 9.23 Å². The first kappa shape index (κ1) is 14.7. The van der Waals surface area contributed by atoms with E-state index in [1.165, 1.54) is 0 Å². The van der Waals surface area contributed by atoms with Gasteiger partial charge in [0, 0.05) is 10.6 Å². The van der Waals surface area contributed by atoms with Crippen LogP contribution in [0.3, 0.4) is 0 Å². The largest absolute Gasteiger partial charge is 0.495 e. The maximum absolute atomic E-state index is 5.96. The Hall–Kier alpha value is -1.73. The molecule has 0 radical (unpaired) electrons. The molecule has 0 aliphatic rings. The van der Waals surface area contributed by atoms with Gasteiger partial charge in [-0.15, -0.1) is 0 Å². The summed E-state index contributed by atoms with van der Waals surface area (Å²) in [4.78, 5) is 0. The minimum absolute atomic E-state index is 0.216. The second kappa shape index (κ2) is 6.15. The van der Waals surface area contributed by atoms with Crippen molar-refractivity contribution in [2.24, 2.45) is 0 Å². The molecule has 2 heteroatoms. The SMILES string of the molecule is CC(C)(C)O/C=C(/c1ccccc1)c1ccc(Cl)cc1. The van der Waals surface area contributed by atoms with Crippen LogP contribution in [0, 0.1) is 0 Å². The van der Waals surface area contributed by atoms with Crippen LogP contribution in [0.25, 0.3) is 5.57 Å². The van der Waals surface area contributed by atoms with Crippen LogP contribution in [0.5, 0.6) is 0 Å². The number of rotatable bonds is 3. The molecule has 0 fully saturated rings. The summed E-state index contributed by atoms with van der Waals surface area (Å²) in [5.74, 6) is 0. The van der Waals surface area contributed by atoms with E-state index >= 15 is 0 Å². The van der Waals surface area contributed by atoms with Crippen molar-refractivity contribution in [2.75, 3.05) is 0 Å². The van der Waals surface area contributed by atoms with E-state index in [4.69, 9.17) is 16.3 Å². The molecule has 0 saturated heterocycles. The normalized spacial score (nSPS) is 12.3. The molecule has 0 atom stereocenters. The molecule has 0 bridgehead atoms. The van der Waals surface area contributed by atoms with Crippen LogP contribution in [-0.4, -0.2) is 5.60 Å². The van der Waals surface area contributed by atoms with E-state index in [1.54, 1.807) is 0 Å². The molecule has 2 aromatic rings. The van der Waals surface area contributed by atoms with Gasteiger partial charge >= 0.3 is 0 Å². The molecule has 0 aliphatic carbocycles. The molecule has 2 rings (SSSR count). The molecular weight excluding hydrogens is 268 g/mol. The van der Waals surface area contributed by atoms with E-state index in [-0.39, 0.29) is 5.60 Å². The van der Waals surface area contributed by atoms with Crippen LogP contribution < -0.4 is 0 Å². The average molecular weight is 287 g/mol. The molecular formula is C18H19ClO. The van der Waals surface area contributed by atoms with E-state index in [1.807, 2.05) is 69.5 Å². The molecule has 0 amide bonds. The number of ether oxygens (including phenoxy) is 1. The van der Waals surface area contributed by atoms with Crippen molar-refractivity contribution in [2.45, 2.75) is 26.4 Å². The van der Waals surface area contributed by atoms with E-state index in [0.717, 1.165) is 21.7 Å². The van der Waals surface area contributed by atoms with Gasteiger partial charge in [0.05, 0.1) is 11.9 Å². The number of hydrogen-bond donors (Lipinski definition) is 0. The van der Waals surface area contributed by atoms with E-state index < -0.39 is 0 Å². The first-order valence-electron chi connectivity index (χ1n) is 6.65. The van der Waals surface area contributed by atoms with Crippen molar-refractivity contribution < 1.29 is 4.74 Å². The fraction of sp³-hybridized carbons (Fsp3) is 0.222. The lowest BCUT2D eigenvalue weighted by Crippen LogP contribution is -2.15. The number of benzene rings is 2. The maximum Gasteiger partial charge on any atom is 0.0998 e. The van der Waals surface area contributed by atoms with Gasteiger partial charge < -0.3 is 4.74 Å². The summed E-state index contributed by atoms with van der Waals surface area (Å²) in [6, 6.07) is 18.0. The summed E-state index contributed by atoms with van der Waals surface area (Å²) in [6.07, 6.45) is 1.83. The molecule has 1 nitrogen and oxygen atoms in total. The minimum Gasteiger partial charge on any atom is -0.495 e. The predicted molar refractivity (Wildman–Crippen MR) is 85.8 cm³/mol. The Morgan fingerprint density at radius 1 is 0.900 bits per heavy atom. The van der Waals surface area contributed by atoms with Gasteiger partial charge in [-0.3, -0.25) is 0 Å². The van der Waals surface area contributed by atoms with Crippen LogP contribution in [0.2, 0.25) is 5.02 Å². The van der Waals surface area contributed by atoms with Gasteiger partial charge in [-0.25, -0.2) is 0 Å². The zero-order valence-corrected chi connectivity index (χ0v) is 12.8. The van der Waals surface area contributed by atoms with Crippen molar-refractivity contribution in [1.29, 1.82) is 0 Å². The molecule has 0 unspecified atom stereocenters. The van der Waals surface area contributed by atoms with Crippen molar-refractivity contribution in [1.82, 2.24) is 0 Å². The van der Waals surface area contributed by atoms with Gasteiger partial charge in [0.2, 0.25) is 0 Å². The molecule has 2 aromatic carbocycles. The summed E-state index contributed by atoms with van der Waals surface area (Å²) in [6.45, 7) is 6.11. The highest BCUT2D eigenvalue weighted by Crippen LogP contribution is 2.26. The number of hydrogen-bond acceptors (Lipinski definition) is 1. The standard InChI is InChI=1S/C18H19ClO/c1-18(2,3)20-13-17(14-7-5-4-6-8-14)15-9-11-16(19)12-10-15/h4-13H,1-3H3/b17-13-. The second-order valence-electron chi connectivity index (χ2n) is 5.63. The van der Waals surface area contributed by atoms with Gasteiger partial charge in [0.1, 0.15) is 0 Å². The van der Waals surface area contributed by atoms with Gasteiger partial charge in [-0.1, -0.05) is 54.1 Å². The van der Waals surface area contributed by atoms with Crippen molar-refractivity contribution >= 4 is 17.2 Å². The zero-order valence-electron chi connectivity index (χ0n) is 12.1. The molecule has 0 aromatic heterocycles. The lowest BCUT2D eigenvalue weighted by atomic mass is 9.99. The fourth-order valence-electron chi connectivity index (χ4n) is 1.79. The van der Waals surface area contributed by atoms with Crippen LogP contribution >= 0.6 is 11.6 Å². The molecule has 20 heavy (non-hydrogen) atoms. The predicted octanol–water partition coefficient (Wildman–Crippen LogP) is 5.54. The average Bonchev–Trinajstić information content (AvgIpc) is 2.41. The van der Waals surface area contributed by atoms with Crippen LogP contribution in [-0.2, 0) is 4.74 Å². The highest BCUT2D eigenvalue weighted by Gasteiger charge is 2.11. The highest BCUT2D eigenvalue weighted by molar-refractivity contribution is 6.30. The summed E-state index contributed by atoms with van der Waals surface area (Å²) in [7, 11) is 0. The zero-order chi connectivity index (χ0) is 14.6. The lowest BCUT2D eigenvalue weighted by molar-refractivity contribution is 0.0777. The van der Waals surface area contributed by atoms with Crippen LogP contribution in [0.4, 0.5) is 0 Å². The third kappa shape index (κ3) is 4.14.